The van der Waals surface area contributed by atoms with E-state index in [2.05, 4.69) is 41.5 Å². The van der Waals surface area contributed by atoms with E-state index in [9.17, 15) is 5.11 Å². The molecular formula is C22H36O4Si. The summed E-state index contributed by atoms with van der Waals surface area (Å²) in [4.78, 5) is 0. The first-order valence-electron chi connectivity index (χ1n) is 10.1. The van der Waals surface area contributed by atoms with Gasteiger partial charge in [-0.2, -0.15) is 0 Å². The topological polar surface area (TPSA) is 47.9 Å². The summed E-state index contributed by atoms with van der Waals surface area (Å²) in [5.74, 6) is 0. The first-order chi connectivity index (χ1) is 12.8. The molecule has 1 aromatic carbocycles. The molecule has 0 fully saturated rings. The monoisotopic (exact) mass is 392 g/mol. The molecule has 1 heterocycles. The van der Waals surface area contributed by atoms with Crippen molar-refractivity contribution in [3.63, 3.8) is 0 Å². The maximum atomic E-state index is 10.8. The van der Waals surface area contributed by atoms with E-state index in [1.807, 2.05) is 30.3 Å². The molecule has 5 heteroatoms. The van der Waals surface area contributed by atoms with Gasteiger partial charge < -0.3 is 19.0 Å². The lowest BCUT2D eigenvalue weighted by Gasteiger charge is -2.43. The first kappa shape index (κ1) is 22.1. The molecule has 3 atom stereocenters. The van der Waals surface area contributed by atoms with Gasteiger partial charge in [0.05, 0.1) is 19.5 Å². The lowest BCUT2D eigenvalue weighted by Crippen LogP contribution is -2.52. The van der Waals surface area contributed by atoms with Crippen LogP contribution in [0.15, 0.2) is 42.7 Å². The second-order valence-corrected chi connectivity index (χ2v) is 13.8. The smallest absolute Gasteiger partial charge is 0.200 e. The zero-order valence-electron chi connectivity index (χ0n) is 17.6. The highest BCUT2D eigenvalue weighted by atomic mass is 28.4. The fourth-order valence-corrected chi connectivity index (χ4v) is 9.87. The molecule has 0 radical (unpaired) electrons. The number of hydrogen-bond donors (Lipinski definition) is 1. The van der Waals surface area contributed by atoms with Crippen LogP contribution in [0, 0.1) is 0 Å². The lowest BCUT2D eigenvalue weighted by molar-refractivity contribution is -0.105. The molecule has 0 saturated carbocycles. The Morgan fingerprint density at radius 1 is 1.00 bits per heavy atom. The van der Waals surface area contributed by atoms with Gasteiger partial charge in [-0.05, 0) is 28.3 Å². The Balaban J connectivity index is 1.99. The fourth-order valence-electron chi connectivity index (χ4n) is 4.41. The second-order valence-electron chi connectivity index (χ2n) is 8.38. The summed E-state index contributed by atoms with van der Waals surface area (Å²) in [5.41, 5.74) is 2.58. The second kappa shape index (κ2) is 9.87. The number of aliphatic hydroxyl groups is 1. The van der Waals surface area contributed by atoms with Gasteiger partial charge >= 0.3 is 0 Å². The number of benzene rings is 1. The molecule has 4 nitrogen and oxygen atoms in total. The van der Waals surface area contributed by atoms with Gasteiger partial charge in [-0.3, -0.25) is 0 Å². The number of aliphatic hydroxyl groups excluding tert-OH is 1. The number of ether oxygens (including phenoxy) is 2. The quantitative estimate of drug-likeness (QED) is 0.598. The summed E-state index contributed by atoms with van der Waals surface area (Å²) in [6, 6.07) is 9.99. The maximum absolute atomic E-state index is 10.8. The minimum atomic E-state index is -1.99. The lowest BCUT2D eigenvalue weighted by atomic mass is 10.1. The average molecular weight is 393 g/mol. The summed E-state index contributed by atoms with van der Waals surface area (Å²) in [6.07, 6.45) is 1.89. The van der Waals surface area contributed by atoms with Gasteiger partial charge in [-0.1, -0.05) is 71.9 Å². The Labute approximate surface area is 165 Å². The Kier molecular flexibility index (Phi) is 8.10. The van der Waals surface area contributed by atoms with Crippen LogP contribution in [-0.2, 0) is 20.5 Å². The van der Waals surface area contributed by atoms with Crippen molar-refractivity contribution in [2.45, 2.75) is 83.1 Å². The summed E-state index contributed by atoms with van der Waals surface area (Å²) in [6.45, 7) is 14.4. The van der Waals surface area contributed by atoms with Gasteiger partial charge in [0.15, 0.2) is 0 Å². The summed E-state index contributed by atoms with van der Waals surface area (Å²) < 4.78 is 18.2. The summed E-state index contributed by atoms with van der Waals surface area (Å²) in [5, 5.41) is 10.8. The Morgan fingerprint density at radius 3 is 2.15 bits per heavy atom. The van der Waals surface area contributed by atoms with E-state index in [1.165, 1.54) is 0 Å². The van der Waals surface area contributed by atoms with Crippen molar-refractivity contribution in [1.82, 2.24) is 0 Å². The minimum absolute atomic E-state index is 0.388. The number of hydrogen-bond acceptors (Lipinski definition) is 4. The van der Waals surface area contributed by atoms with Crippen molar-refractivity contribution in [1.29, 1.82) is 0 Å². The highest BCUT2D eigenvalue weighted by Gasteiger charge is 2.46. The van der Waals surface area contributed by atoms with E-state index in [-0.39, 0.29) is 6.10 Å². The zero-order chi connectivity index (χ0) is 20.0. The van der Waals surface area contributed by atoms with Crippen LogP contribution in [0.25, 0.3) is 0 Å². The molecule has 0 bridgehead atoms. The van der Waals surface area contributed by atoms with Crippen LogP contribution >= 0.6 is 0 Å². The fraction of sp³-hybridized carbons (Fsp3) is 0.636. The van der Waals surface area contributed by atoms with Crippen molar-refractivity contribution in [2.24, 2.45) is 0 Å². The highest BCUT2D eigenvalue weighted by Crippen LogP contribution is 2.42. The van der Waals surface area contributed by atoms with Crippen molar-refractivity contribution < 1.29 is 19.0 Å². The van der Waals surface area contributed by atoms with Crippen molar-refractivity contribution in [3.05, 3.63) is 48.2 Å². The van der Waals surface area contributed by atoms with Crippen LogP contribution in [0.1, 0.15) is 47.1 Å². The molecule has 152 valence electrons. The molecular weight excluding hydrogens is 356 g/mol. The number of rotatable bonds is 9. The Hall–Kier alpha value is -1.14. The molecule has 0 amide bonds. The van der Waals surface area contributed by atoms with Crippen LogP contribution in [0.2, 0.25) is 16.6 Å². The molecule has 0 saturated heterocycles. The molecule has 2 rings (SSSR count). The predicted molar refractivity (Wildman–Crippen MR) is 112 cm³/mol. The molecule has 1 N–H and O–H groups in total. The minimum Gasteiger partial charge on any atom is -0.493 e. The third-order valence-corrected chi connectivity index (χ3v) is 11.8. The largest absolute Gasteiger partial charge is 0.493 e. The Bertz CT molecular complexity index is 563. The molecule has 0 aliphatic carbocycles. The molecule has 0 spiro atoms. The SMILES string of the molecule is CC(C)[Si](OCC1OC=C[C@@H](OCc2ccccc2)[C@H]1O)(C(C)C)C(C)C. The predicted octanol–water partition coefficient (Wildman–Crippen LogP) is 5.04. The molecule has 1 aromatic rings. The van der Waals surface area contributed by atoms with Gasteiger partial charge in [-0.25, -0.2) is 0 Å². The highest BCUT2D eigenvalue weighted by molar-refractivity contribution is 6.77. The third-order valence-electron chi connectivity index (χ3n) is 5.73. The van der Waals surface area contributed by atoms with Crippen molar-refractivity contribution in [2.75, 3.05) is 6.61 Å². The van der Waals surface area contributed by atoms with Crippen LogP contribution < -0.4 is 0 Å². The molecule has 1 aliphatic heterocycles. The Morgan fingerprint density at radius 2 is 1.59 bits per heavy atom. The standard InChI is InChI=1S/C22H36O4Si/c1-16(2)27(17(3)4,18(5)6)26-15-21-22(23)20(12-13-24-21)25-14-19-10-8-7-9-11-19/h7-13,16-18,20-23H,14-15H2,1-6H3/t20-,21?,22-/m1/s1. The molecule has 1 aliphatic rings. The van der Waals surface area contributed by atoms with E-state index in [0.29, 0.717) is 29.8 Å². The summed E-state index contributed by atoms with van der Waals surface area (Å²) >= 11 is 0. The van der Waals surface area contributed by atoms with Gasteiger partial charge in [0.25, 0.3) is 0 Å². The zero-order valence-corrected chi connectivity index (χ0v) is 18.6. The van der Waals surface area contributed by atoms with Crippen molar-refractivity contribution in [3.8, 4) is 0 Å². The van der Waals surface area contributed by atoms with E-state index in [4.69, 9.17) is 13.9 Å². The van der Waals surface area contributed by atoms with Gasteiger partial charge in [0.2, 0.25) is 8.32 Å². The van der Waals surface area contributed by atoms with E-state index >= 15 is 0 Å². The summed E-state index contributed by atoms with van der Waals surface area (Å²) in [7, 11) is -1.99. The maximum Gasteiger partial charge on any atom is 0.200 e. The van der Waals surface area contributed by atoms with Gasteiger partial charge in [-0.15, -0.1) is 0 Å². The van der Waals surface area contributed by atoms with E-state index in [0.717, 1.165) is 5.56 Å². The van der Waals surface area contributed by atoms with Crippen LogP contribution in [0.3, 0.4) is 0 Å². The molecule has 27 heavy (non-hydrogen) atoms. The van der Waals surface area contributed by atoms with Crippen LogP contribution in [0.5, 0.6) is 0 Å². The van der Waals surface area contributed by atoms with E-state index < -0.39 is 20.5 Å². The molecule has 1 unspecified atom stereocenters. The first-order valence-corrected chi connectivity index (χ1v) is 12.2. The van der Waals surface area contributed by atoms with Gasteiger partial charge in [0, 0.05) is 0 Å². The molecule has 0 aromatic heterocycles. The average Bonchev–Trinajstić information content (AvgIpc) is 2.62. The van der Waals surface area contributed by atoms with Crippen LogP contribution in [-0.4, -0.2) is 38.3 Å². The van der Waals surface area contributed by atoms with Crippen LogP contribution in [0.4, 0.5) is 0 Å². The van der Waals surface area contributed by atoms with Gasteiger partial charge in [0.1, 0.15) is 18.3 Å². The normalized spacial score (nSPS) is 23.3. The van der Waals surface area contributed by atoms with Crippen molar-refractivity contribution >= 4 is 8.32 Å². The van der Waals surface area contributed by atoms with E-state index in [1.54, 1.807) is 12.3 Å². The third kappa shape index (κ3) is 5.22.